The number of hydrogen-bond donors (Lipinski definition) is 0. The highest BCUT2D eigenvalue weighted by Gasteiger charge is 2.21. The van der Waals surface area contributed by atoms with Gasteiger partial charge in [0, 0.05) is 0 Å². The number of benzene rings is 1. The van der Waals surface area contributed by atoms with Gasteiger partial charge in [-0.15, -0.1) is 0 Å². The van der Waals surface area contributed by atoms with Gasteiger partial charge in [-0.05, 0) is 67.7 Å². The van der Waals surface area contributed by atoms with Crippen LogP contribution in [0.4, 0.5) is 8.78 Å². The van der Waals surface area contributed by atoms with Gasteiger partial charge < -0.3 is 4.74 Å². The number of hydrogen-bond acceptors (Lipinski definition) is 1. The van der Waals surface area contributed by atoms with E-state index in [9.17, 15) is 8.78 Å². The molecular weight excluding hydrogens is 342 g/mol. The summed E-state index contributed by atoms with van der Waals surface area (Å²) in [5.74, 6) is 1.50. The monoisotopic (exact) mass is 378 g/mol. The minimum absolute atomic E-state index is 0.0560. The van der Waals surface area contributed by atoms with Gasteiger partial charge in [0.05, 0.1) is 6.61 Å². The standard InChI is InChI=1S/C24H36F2O/c1-2-3-4-5-6-7-8-9-18-27-23-16-14-22(15-17-23)21-12-10-20(11-13-21)19-24(25)26/h14-17,19-21H,2-13,18H2,1H3. The van der Waals surface area contributed by atoms with Crippen LogP contribution in [0.2, 0.25) is 0 Å². The Bertz CT molecular complexity index is 526. The molecule has 0 heterocycles. The summed E-state index contributed by atoms with van der Waals surface area (Å²) in [4.78, 5) is 0. The Hall–Kier alpha value is -1.38. The number of unbranched alkanes of at least 4 members (excludes halogenated alkanes) is 7. The van der Waals surface area contributed by atoms with Crippen LogP contribution in [0.25, 0.3) is 0 Å². The number of ether oxygens (including phenoxy) is 1. The van der Waals surface area contributed by atoms with Gasteiger partial charge in [-0.1, -0.05) is 64.0 Å². The van der Waals surface area contributed by atoms with Crippen LogP contribution in [0.15, 0.2) is 36.4 Å². The van der Waals surface area contributed by atoms with Crippen molar-refractivity contribution < 1.29 is 13.5 Å². The summed E-state index contributed by atoms with van der Waals surface area (Å²) < 4.78 is 30.6. The molecule has 1 aliphatic carbocycles. The molecule has 3 heteroatoms. The molecule has 0 radical (unpaired) electrons. The number of rotatable bonds is 12. The summed E-state index contributed by atoms with van der Waals surface area (Å²) in [6, 6.07) is 8.43. The van der Waals surface area contributed by atoms with Gasteiger partial charge in [-0.3, -0.25) is 0 Å². The molecule has 1 saturated carbocycles. The summed E-state index contributed by atoms with van der Waals surface area (Å²) in [5.41, 5.74) is 1.32. The van der Waals surface area contributed by atoms with Crippen LogP contribution in [-0.4, -0.2) is 6.61 Å². The van der Waals surface area contributed by atoms with E-state index in [0.29, 0.717) is 5.92 Å². The third-order valence-electron chi connectivity index (χ3n) is 5.75. The average molecular weight is 379 g/mol. The van der Waals surface area contributed by atoms with Gasteiger partial charge in [0.25, 0.3) is 6.08 Å². The minimum atomic E-state index is -1.53. The summed E-state index contributed by atoms with van der Waals surface area (Å²) in [6.45, 7) is 3.05. The quantitative estimate of drug-likeness (QED) is 0.333. The van der Waals surface area contributed by atoms with Gasteiger partial charge in [0.15, 0.2) is 0 Å². The molecule has 0 spiro atoms. The number of allylic oxidation sites excluding steroid dienone is 1. The van der Waals surface area contributed by atoms with E-state index in [1.54, 1.807) is 0 Å². The van der Waals surface area contributed by atoms with Crippen LogP contribution in [0.5, 0.6) is 5.75 Å². The second-order valence-electron chi connectivity index (χ2n) is 7.96. The maximum atomic E-state index is 12.4. The van der Waals surface area contributed by atoms with Gasteiger partial charge in [-0.2, -0.15) is 8.78 Å². The molecule has 1 aromatic rings. The van der Waals surface area contributed by atoms with Gasteiger partial charge >= 0.3 is 0 Å². The summed E-state index contributed by atoms with van der Waals surface area (Å²) >= 11 is 0. The van der Waals surface area contributed by atoms with Gasteiger partial charge in [-0.25, -0.2) is 0 Å². The first-order valence-corrected chi connectivity index (χ1v) is 10.9. The maximum Gasteiger partial charge on any atom is 0.266 e. The summed E-state index contributed by atoms with van der Waals surface area (Å²) in [5, 5.41) is 0. The lowest BCUT2D eigenvalue weighted by Crippen LogP contribution is -2.11. The maximum absolute atomic E-state index is 12.4. The Labute approximate surface area is 164 Å². The molecule has 0 unspecified atom stereocenters. The van der Waals surface area contributed by atoms with Crippen LogP contribution < -0.4 is 4.74 Å². The van der Waals surface area contributed by atoms with Crippen molar-refractivity contribution in [2.45, 2.75) is 89.9 Å². The molecule has 0 amide bonds. The van der Waals surface area contributed by atoms with Crippen LogP contribution in [-0.2, 0) is 0 Å². The third kappa shape index (κ3) is 8.90. The SMILES string of the molecule is CCCCCCCCCCOc1ccc(C2CCC(C=C(F)F)CC2)cc1. The van der Waals surface area contributed by atoms with Crippen LogP contribution in [0.3, 0.4) is 0 Å². The van der Waals surface area contributed by atoms with E-state index in [4.69, 9.17) is 4.74 Å². The largest absolute Gasteiger partial charge is 0.494 e. The van der Waals surface area contributed by atoms with Crippen LogP contribution in [0.1, 0.15) is 95.5 Å². The highest BCUT2D eigenvalue weighted by molar-refractivity contribution is 5.29. The predicted molar refractivity (Wildman–Crippen MR) is 110 cm³/mol. The second kappa shape index (κ2) is 12.9. The fourth-order valence-electron chi connectivity index (χ4n) is 4.06. The van der Waals surface area contributed by atoms with Crippen molar-refractivity contribution in [1.82, 2.24) is 0 Å². The normalized spacial score (nSPS) is 19.7. The van der Waals surface area contributed by atoms with Crippen LogP contribution in [0, 0.1) is 5.92 Å². The minimum Gasteiger partial charge on any atom is -0.494 e. The Morgan fingerprint density at radius 2 is 1.48 bits per heavy atom. The lowest BCUT2D eigenvalue weighted by Gasteiger charge is -2.26. The Kier molecular flexibility index (Phi) is 10.5. The number of halogens is 2. The molecule has 2 rings (SSSR count). The molecule has 0 saturated heterocycles. The fourth-order valence-corrected chi connectivity index (χ4v) is 4.06. The lowest BCUT2D eigenvalue weighted by atomic mass is 9.79. The molecule has 27 heavy (non-hydrogen) atoms. The molecule has 152 valence electrons. The Morgan fingerprint density at radius 3 is 2.07 bits per heavy atom. The first-order chi connectivity index (χ1) is 13.2. The van der Waals surface area contributed by atoms with Crippen molar-refractivity contribution in [2.75, 3.05) is 6.61 Å². The van der Waals surface area contributed by atoms with E-state index in [1.165, 1.54) is 50.5 Å². The Balaban J connectivity index is 1.59. The van der Waals surface area contributed by atoms with E-state index in [2.05, 4.69) is 31.2 Å². The Morgan fingerprint density at radius 1 is 0.889 bits per heavy atom. The van der Waals surface area contributed by atoms with E-state index >= 15 is 0 Å². The zero-order valence-electron chi connectivity index (χ0n) is 16.9. The molecule has 0 aromatic heterocycles. The van der Waals surface area contributed by atoms with E-state index in [1.807, 2.05) is 0 Å². The van der Waals surface area contributed by atoms with Gasteiger partial charge in [0.2, 0.25) is 0 Å². The topological polar surface area (TPSA) is 9.23 Å². The van der Waals surface area contributed by atoms with Crippen molar-refractivity contribution in [2.24, 2.45) is 5.92 Å². The van der Waals surface area contributed by atoms with E-state index in [-0.39, 0.29) is 5.92 Å². The molecule has 1 aliphatic rings. The molecule has 0 aliphatic heterocycles. The molecular formula is C24H36F2O. The molecule has 1 nitrogen and oxygen atoms in total. The molecule has 0 bridgehead atoms. The van der Waals surface area contributed by atoms with Gasteiger partial charge in [0.1, 0.15) is 5.75 Å². The lowest BCUT2D eigenvalue weighted by molar-refractivity contribution is 0.304. The van der Waals surface area contributed by atoms with Crippen molar-refractivity contribution in [1.29, 1.82) is 0 Å². The third-order valence-corrected chi connectivity index (χ3v) is 5.75. The van der Waals surface area contributed by atoms with Crippen molar-refractivity contribution in [3.63, 3.8) is 0 Å². The second-order valence-corrected chi connectivity index (χ2v) is 7.96. The first-order valence-electron chi connectivity index (χ1n) is 10.9. The zero-order valence-corrected chi connectivity index (χ0v) is 16.9. The van der Waals surface area contributed by atoms with E-state index in [0.717, 1.165) is 50.5 Å². The van der Waals surface area contributed by atoms with Crippen LogP contribution >= 0.6 is 0 Å². The van der Waals surface area contributed by atoms with Crippen molar-refractivity contribution in [3.8, 4) is 5.75 Å². The fraction of sp³-hybridized carbons (Fsp3) is 0.667. The molecule has 1 aromatic carbocycles. The predicted octanol–water partition coefficient (Wildman–Crippen LogP) is 8.26. The summed E-state index contributed by atoms with van der Waals surface area (Å²) in [6.07, 6.45) is 13.8. The zero-order chi connectivity index (χ0) is 19.3. The molecule has 1 fully saturated rings. The smallest absolute Gasteiger partial charge is 0.266 e. The van der Waals surface area contributed by atoms with E-state index < -0.39 is 6.08 Å². The van der Waals surface area contributed by atoms with Crippen molar-refractivity contribution in [3.05, 3.63) is 42.0 Å². The average Bonchev–Trinajstić information content (AvgIpc) is 2.67. The highest BCUT2D eigenvalue weighted by atomic mass is 19.3. The van der Waals surface area contributed by atoms with Crippen molar-refractivity contribution >= 4 is 0 Å². The molecule has 0 atom stereocenters. The highest BCUT2D eigenvalue weighted by Crippen LogP contribution is 2.37. The molecule has 0 N–H and O–H groups in total. The summed E-state index contributed by atoms with van der Waals surface area (Å²) in [7, 11) is 0. The first kappa shape index (κ1) is 21.9.